The van der Waals surface area contributed by atoms with Crippen molar-refractivity contribution >= 4 is 23.5 Å². The lowest BCUT2D eigenvalue weighted by Gasteiger charge is -2.29. The maximum absolute atomic E-state index is 12.6. The second kappa shape index (κ2) is 7.95. The largest absolute Gasteiger partial charge is 0.497 e. The summed E-state index contributed by atoms with van der Waals surface area (Å²) in [4.78, 5) is 38.6. The molecule has 0 aromatic heterocycles. The summed E-state index contributed by atoms with van der Waals surface area (Å²) in [7, 11) is 1.62. The Kier molecular flexibility index (Phi) is 5.59. The van der Waals surface area contributed by atoms with Crippen molar-refractivity contribution in [3.8, 4) is 5.75 Å². The minimum absolute atomic E-state index is 0.306. The fourth-order valence-corrected chi connectivity index (χ4v) is 3.22. The van der Waals surface area contributed by atoms with E-state index < -0.39 is 5.54 Å². The predicted octanol–water partition coefficient (Wildman–Crippen LogP) is 3.45. The average molecular weight is 395 g/mol. The van der Waals surface area contributed by atoms with Crippen molar-refractivity contribution in [2.45, 2.75) is 32.7 Å². The number of carbonyl (C=O) groups excluding carboxylic acids is 3. The molecule has 2 N–H and O–H groups in total. The molecule has 29 heavy (non-hydrogen) atoms. The molecule has 0 saturated heterocycles. The first-order chi connectivity index (χ1) is 13.7. The van der Waals surface area contributed by atoms with Crippen LogP contribution in [0.3, 0.4) is 0 Å². The van der Waals surface area contributed by atoms with Crippen LogP contribution in [0.5, 0.6) is 5.75 Å². The summed E-state index contributed by atoms with van der Waals surface area (Å²) in [5, 5.41) is 5.50. The number of carbonyl (C=O) groups is 3. The van der Waals surface area contributed by atoms with Gasteiger partial charge in [0, 0.05) is 17.8 Å². The smallest absolute Gasteiger partial charge is 0.319 e. The third-order valence-corrected chi connectivity index (χ3v) is 4.67. The molecule has 1 aliphatic rings. The van der Waals surface area contributed by atoms with Crippen LogP contribution in [0.25, 0.3) is 0 Å². The zero-order valence-corrected chi connectivity index (χ0v) is 17.0. The molecular weight excluding hydrogens is 370 g/mol. The van der Waals surface area contributed by atoms with Gasteiger partial charge in [0.15, 0.2) is 0 Å². The number of benzene rings is 2. The Morgan fingerprint density at radius 2 is 1.66 bits per heavy atom. The highest BCUT2D eigenvalue weighted by Gasteiger charge is 2.41. The van der Waals surface area contributed by atoms with Crippen LogP contribution in [-0.4, -0.2) is 41.9 Å². The third kappa shape index (κ3) is 4.39. The Balaban J connectivity index is 1.59. The number of anilines is 1. The molecule has 0 spiro atoms. The van der Waals surface area contributed by atoms with E-state index in [0.717, 1.165) is 11.3 Å². The number of hydrogen-bond donors (Lipinski definition) is 2. The van der Waals surface area contributed by atoms with E-state index in [1.54, 1.807) is 25.3 Å². The fourth-order valence-electron chi connectivity index (χ4n) is 3.22. The van der Waals surface area contributed by atoms with Crippen molar-refractivity contribution < 1.29 is 19.1 Å². The number of imide groups is 1. The monoisotopic (exact) mass is 395 g/mol. The quantitative estimate of drug-likeness (QED) is 0.759. The van der Waals surface area contributed by atoms with E-state index in [1.165, 1.54) is 4.90 Å². The molecule has 2 aromatic carbocycles. The van der Waals surface area contributed by atoms with Crippen LogP contribution >= 0.6 is 0 Å². The highest BCUT2D eigenvalue weighted by atomic mass is 16.5. The summed E-state index contributed by atoms with van der Waals surface area (Å²) >= 11 is 0. The Morgan fingerprint density at radius 3 is 2.28 bits per heavy atom. The lowest BCUT2D eigenvalue weighted by Crippen LogP contribution is -2.45. The van der Waals surface area contributed by atoms with E-state index in [1.807, 2.05) is 45.0 Å². The summed E-state index contributed by atoms with van der Waals surface area (Å²) in [5.74, 6) is 0.128. The maximum atomic E-state index is 12.6. The van der Waals surface area contributed by atoms with Gasteiger partial charge in [-0.1, -0.05) is 12.1 Å². The van der Waals surface area contributed by atoms with E-state index in [-0.39, 0.29) is 17.8 Å². The van der Waals surface area contributed by atoms with E-state index in [2.05, 4.69) is 10.6 Å². The first kappa shape index (κ1) is 20.4. The zero-order valence-electron chi connectivity index (χ0n) is 17.0. The number of nitrogens with one attached hydrogen (secondary N) is 2. The van der Waals surface area contributed by atoms with Gasteiger partial charge in [0.2, 0.25) is 0 Å². The third-order valence-electron chi connectivity index (χ3n) is 4.67. The van der Waals surface area contributed by atoms with Crippen molar-refractivity contribution in [1.29, 1.82) is 0 Å². The van der Waals surface area contributed by atoms with Gasteiger partial charge in [-0.3, -0.25) is 14.5 Å². The van der Waals surface area contributed by atoms with Gasteiger partial charge in [0.25, 0.3) is 11.8 Å². The number of nitrogens with zero attached hydrogens (tertiary/aromatic N) is 1. The van der Waals surface area contributed by atoms with E-state index in [0.29, 0.717) is 29.8 Å². The highest BCUT2D eigenvalue weighted by Crippen LogP contribution is 2.30. The lowest BCUT2D eigenvalue weighted by atomic mass is 10.1. The SMILES string of the molecule is COc1ccc(CCNC(=O)Nc2ccc3c(c2)C(=O)N(C(C)(C)C)C3=O)cc1. The molecule has 7 heteroatoms. The molecule has 1 heterocycles. The zero-order chi connectivity index (χ0) is 21.2. The molecule has 7 nitrogen and oxygen atoms in total. The van der Waals surface area contributed by atoms with Crippen molar-refractivity contribution in [3.63, 3.8) is 0 Å². The second-order valence-electron chi connectivity index (χ2n) is 7.86. The standard InChI is InChI=1S/C22H25N3O4/c1-22(2,3)25-19(26)17-10-7-15(13-18(17)20(25)27)24-21(28)23-12-11-14-5-8-16(29-4)9-6-14/h5-10,13H,11-12H2,1-4H3,(H2,23,24,28). The molecule has 4 amide bonds. The molecule has 2 aromatic rings. The van der Waals surface area contributed by atoms with Gasteiger partial charge in [0.1, 0.15) is 5.75 Å². The van der Waals surface area contributed by atoms with Crippen LogP contribution in [0.15, 0.2) is 42.5 Å². The van der Waals surface area contributed by atoms with Gasteiger partial charge in [0.05, 0.1) is 18.2 Å². The van der Waals surface area contributed by atoms with Crippen molar-refractivity contribution in [1.82, 2.24) is 10.2 Å². The molecular formula is C22H25N3O4. The number of ether oxygens (including phenoxy) is 1. The number of amides is 4. The van der Waals surface area contributed by atoms with Crippen molar-refractivity contribution in [2.75, 3.05) is 19.0 Å². The first-order valence-electron chi connectivity index (χ1n) is 9.41. The average Bonchev–Trinajstić information content (AvgIpc) is 2.92. The fraction of sp³-hybridized carbons (Fsp3) is 0.318. The minimum Gasteiger partial charge on any atom is -0.497 e. The first-order valence-corrected chi connectivity index (χ1v) is 9.41. The molecule has 0 unspecified atom stereocenters. The van der Waals surface area contributed by atoms with Crippen LogP contribution < -0.4 is 15.4 Å². The Morgan fingerprint density at radius 1 is 1.00 bits per heavy atom. The molecule has 1 aliphatic heterocycles. The van der Waals surface area contributed by atoms with Gasteiger partial charge in [-0.25, -0.2) is 4.79 Å². The predicted molar refractivity (Wildman–Crippen MR) is 110 cm³/mol. The Hall–Kier alpha value is -3.35. The highest BCUT2D eigenvalue weighted by molar-refractivity contribution is 6.22. The summed E-state index contributed by atoms with van der Waals surface area (Å²) in [6, 6.07) is 12.0. The normalized spacial score (nSPS) is 13.3. The molecule has 0 saturated carbocycles. The van der Waals surface area contributed by atoms with Gasteiger partial charge in [-0.15, -0.1) is 0 Å². The number of urea groups is 1. The summed E-state index contributed by atoms with van der Waals surface area (Å²) < 4.78 is 5.12. The summed E-state index contributed by atoms with van der Waals surface area (Å²) in [6.07, 6.45) is 0.676. The molecule has 0 aliphatic carbocycles. The van der Waals surface area contributed by atoms with Crippen molar-refractivity contribution in [2.24, 2.45) is 0 Å². The minimum atomic E-state index is -0.611. The van der Waals surface area contributed by atoms with Crippen LogP contribution in [0.4, 0.5) is 10.5 Å². The van der Waals surface area contributed by atoms with Crippen LogP contribution in [0, 0.1) is 0 Å². The van der Waals surface area contributed by atoms with Gasteiger partial charge < -0.3 is 15.4 Å². The number of fused-ring (bicyclic) bond motifs is 1. The molecule has 3 rings (SSSR count). The van der Waals surface area contributed by atoms with Gasteiger partial charge in [-0.05, 0) is 63.1 Å². The van der Waals surface area contributed by atoms with E-state index in [9.17, 15) is 14.4 Å². The molecule has 152 valence electrons. The summed E-state index contributed by atoms with van der Waals surface area (Å²) in [5.41, 5.74) is 1.59. The van der Waals surface area contributed by atoms with Crippen molar-refractivity contribution in [3.05, 3.63) is 59.2 Å². The topological polar surface area (TPSA) is 87.7 Å². The van der Waals surface area contributed by atoms with E-state index >= 15 is 0 Å². The van der Waals surface area contributed by atoms with Crippen LogP contribution in [0.2, 0.25) is 0 Å². The van der Waals surface area contributed by atoms with Gasteiger partial charge in [-0.2, -0.15) is 0 Å². The molecule has 0 radical (unpaired) electrons. The van der Waals surface area contributed by atoms with Crippen LogP contribution in [-0.2, 0) is 6.42 Å². The molecule has 0 atom stereocenters. The number of methoxy groups -OCH3 is 1. The Labute approximate surface area is 170 Å². The van der Waals surface area contributed by atoms with Gasteiger partial charge >= 0.3 is 6.03 Å². The second-order valence-corrected chi connectivity index (χ2v) is 7.86. The molecule has 0 fully saturated rings. The number of rotatable bonds is 5. The molecule has 0 bridgehead atoms. The summed E-state index contributed by atoms with van der Waals surface area (Å²) in [6.45, 7) is 5.89. The van der Waals surface area contributed by atoms with Crippen LogP contribution in [0.1, 0.15) is 47.1 Å². The Bertz CT molecular complexity index is 946. The number of hydrogen-bond acceptors (Lipinski definition) is 4. The lowest BCUT2D eigenvalue weighted by molar-refractivity contribution is 0.0507. The van der Waals surface area contributed by atoms with E-state index in [4.69, 9.17) is 4.74 Å². The maximum Gasteiger partial charge on any atom is 0.319 e.